The van der Waals surface area contributed by atoms with E-state index in [9.17, 15) is 9.50 Å². The van der Waals surface area contributed by atoms with Gasteiger partial charge in [-0.3, -0.25) is 0 Å². The van der Waals surface area contributed by atoms with Crippen molar-refractivity contribution >= 4 is 0 Å². The molecule has 21 heavy (non-hydrogen) atoms. The summed E-state index contributed by atoms with van der Waals surface area (Å²) in [6.45, 7) is 1.95. The lowest BCUT2D eigenvalue weighted by Crippen LogP contribution is -2.22. The predicted octanol–water partition coefficient (Wildman–Crippen LogP) is 3.26. The number of rotatable bonds is 4. The summed E-state index contributed by atoms with van der Waals surface area (Å²) in [6, 6.07) is 12.1. The van der Waals surface area contributed by atoms with Crippen molar-refractivity contribution in [1.82, 2.24) is 0 Å². The van der Waals surface area contributed by atoms with Crippen LogP contribution in [0, 0.1) is 5.82 Å². The summed E-state index contributed by atoms with van der Waals surface area (Å²) in [5.74, 6) is 0.995. The molecule has 0 radical (unpaired) electrons. The number of aliphatic hydroxyl groups is 1. The Morgan fingerprint density at radius 2 is 2.14 bits per heavy atom. The minimum Gasteiger partial charge on any atom is -0.489 e. The Labute approximate surface area is 122 Å². The maximum atomic E-state index is 13.2. The van der Waals surface area contributed by atoms with E-state index in [0.717, 1.165) is 12.2 Å². The average Bonchev–Trinajstić information content (AvgIpc) is 2.88. The lowest BCUT2D eigenvalue weighted by molar-refractivity contribution is 0.141. The maximum absolute atomic E-state index is 13.2. The van der Waals surface area contributed by atoms with Gasteiger partial charge in [0.1, 0.15) is 30.0 Å². The first-order valence-electron chi connectivity index (χ1n) is 6.98. The molecule has 0 aliphatic carbocycles. The highest BCUT2D eigenvalue weighted by Crippen LogP contribution is 2.30. The van der Waals surface area contributed by atoms with Crippen molar-refractivity contribution in [1.29, 1.82) is 0 Å². The van der Waals surface area contributed by atoms with Gasteiger partial charge in [-0.15, -0.1) is 0 Å². The Morgan fingerprint density at radius 3 is 2.90 bits per heavy atom. The summed E-state index contributed by atoms with van der Waals surface area (Å²) >= 11 is 0. The van der Waals surface area contributed by atoms with Crippen LogP contribution < -0.4 is 9.47 Å². The van der Waals surface area contributed by atoms with E-state index in [2.05, 4.69) is 0 Å². The predicted molar refractivity (Wildman–Crippen MR) is 77.1 cm³/mol. The van der Waals surface area contributed by atoms with Crippen LogP contribution in [0.3, 0.4) is 0 Å². The molecule has 3 rings (SSSR count). The van der Waals surface area contributed by atoms with Crippen molar-refractivity contribution in [3.63, 3.8) is 0 Å². The topological polar surface area (TPSA) is 38.7 Å². The number of hydrogen-bond acceptors (Lipinski definition) is 3. The van der Waals surface area contributed by atoms with Gasteiger partial charge in [-0.1, -0.05) is 18.2 Å². The quantitative estimate of drug-likeness (QED) is 0.938. The van der Waals surface area contributed by atoms with E-state index in [1.54, 1.807) is 13.0 Å². The fourth-order valence-electron chi connectivity index (χ4n) is 2.51. The number of halogens is 1. The van der Waals surface area contributed by atoms with Gasteiger partial charge < -0.3 is 14.6 Å². The van der Waals surface area contributed by atoms with E-state index in [0.29, 0.717) is 17.9 Å². The highest BCUT2D eigenvalue weighted by molar-refractivity contribution is 5.38. The third kappa shape index (κ3) is 3.00. The third-order valence-corrected chi connectivity index (χ3v) is 3.56. The average molecular weight is 288 g/mol. The molecular formula is C17H17FO3. The molecule has 0 spiro atoms. The van der Waals surface area contributed by atoms with Gasteiger partial charge in [0.05, 0.1) is 6.10 Å². The number of ether oxygens (including phenoxy) is 2. The SMILES string of the molecule is C[C@@H](O)c1cc(F)ccc1OCC1Cc2ccccc2O1. The Hall–Kier alpha value is -2.07. The van der Waals surface area contributed by atoms with Crippen molar-refractivity contribution in [2.45, 2.75) is 25.6 Å². The molecule has 0 amide bonds. The summed E-state index contributed by atoms with van der Waals surface area (Å²) in [4.78, 5) is 0. The minimum absolute atomic E-state index is 0.0608. The van der Waals surface area contributed by atoms with E-state index >= 15 is 0 Å². The molecule has 0 bridgehead atoms. The molecule has 1 aliphatic heterocycles. The van der Waals surface area contributed by atoms with Crippen LogP contribution >= 0.6 is 0 Å². The van der Waals surface area contributed by atoms with Crippen LogP contribution in [-0.2, 0) is 6.42 Å². The zero-order chi connectivity index (χ0) is 14.8. The Kier molecular flexibility index (Phi) is 3.80. The zero-order valence-electron chi connectivity index (χ0n) is 11.8. The molecule has 4 heteroatoms. The fourth-order valence-corrected chi connectivity index (χ4v) is 2.51. The van der Waals surface area contributed by atoms with Gasteiger partial charge in [-0.05, 0) is 36.8 Å². The van der Waals surface area contributed by atoms with Crippen molar-refractivity contribution in [3.05, 3.63) is 59.4 Å². The summed E-state index contributed by atoms with van der Waals surface area (Å²) in [7, 11) is 0. The van der Waals surface area contributed by atoms with Gasteiger partial charge in [-0.25, -0.2) is 4.39 Å². The molecule has 2 atom stereocenters. The van der Waals surface area contributed by atoms with Crippen molar-refractivity contribution in [2.75, 3.05) is 6.61 Å². The summed E-state index contributed by atoms with van der Waals surface area (Å²) in [5, 5.41) is 9.69. The molecule has 1 N–H and O–H groups in total. The van der Waals surface area contributed by atoms with Gasteiger partial charge in [-0.2, -0.15) is 0 Å². The van der Waals surface area contributed by atoms with Crippen molar-refractivity contribution < 1.29 is 19.0 Å². The van der Waals surface area contributed by atoms with Crippen LogP contribution in [0.1, 0.15) is 24.2 Å². The van der Waals surface area contributed by atoms with Gasteiger partial charge in [0, 0.05) is 12.0 Å². The second-order valence-electron chi connectivity index (χ2n) is 5.22. The first kappa shape index (κ1) is 13.9. The standard InChI is InChI=1S/C17H17FO3/c1-11(19)15-9-13(18)6-7-17(15)20-10-14-8-12-4-2-3-5-16(12)21-14/h2-7,9,11,14,19H,8,10H2,1H3/t11-,14?/m1/s1. The van der Waals surface area contributed by atoms with Crippen LogP contribution in [0.15, 0.2) is 42.5 Å². The number of benzene rings is 2. The number of fused-ring (bicyclic) bond motifs is 1. The van der Waals surface area contributed by atoms with Crippen molar-refractivity contribution in [2.24, 2.45) is 0 Å². The molecule has 110 valence electrons. The second kappa shape index (κ2) is 5.74. The largest absolute Gasteiger partial charge is 0.489 e. The number of para-hydroxylation sites is 1. The molecule has 0 fully saturated rings. The number of hydrogen-bond donors (Lipinski definition) is 1. The molecule has 1 unspecified atom stereocenters. The van der Waals surface area contributed by atoms with E-state index in [1.165, 1.54) is 17.7 Å². The molecule has 2 aromatic carbocycles. The molecule has 1 aliphatic rings. The zero-order valence-corrected chi connectivity index (χ0v) is 11.8. The first-order chi connectivity index (χ1) is 10.1. The molecule has 0 aromatic heterocycles. The highest BCUT2D eigenvalue weighted by atomic mass is 19.1. The molecule has 2 aromatic rings. The van der Waals surface area contributed by atoms with Gasteiger partial charge in [0.25, 0.3) is 0 Å². The van der Waals surface area contributed by atoms with Crippen LogP contribution in [-0.4, -0.2) is 17.8 Å². The lowest BCUT2D eigenvalue weighted by Gasteiger charge is -2.16. The first-order valence-corrected chi connectivity index (χ1v) is 6.98. The molecular weight excluding hydrogens is 271 g/mol. The van der Waals surface area contributed by atoms with Crippen LogP contribution in [0.2, 0.25) is 0 Å². The highest BCUT2D eigenvalue weighted by Gasteiger charge is 2.23. The lowest BCUT2D eigenvalue weighted by atomic mass is 10.1. The molecule has 3 nitrogen and oxygen atoms in total. The molecule has 0 saturated heterocycles. The fraction of sp³-hybridized carbons (Fsp3) is 0.294. The van der Waals surface area contributed by atoms with E-state index < -0.39 is 6.10 Å². The minimum atomic E-state index is -0.780. The normalized spacial score (nSPS) is 18.0. The maximum Gasteiger partial charge on any atom is 0.137 e. The Bertz CT molecular complexity index is 615. The summed E-state index contributed by atoms with van der Waals surface area (Å²) < 4.78 is 24.7. The molecule has 0 saturated carbocycles. The smallest absolute Gasteiger partial charge is 0.137 e. The second-order valence-corrected chi connectivity index (χ2v) is 5.22. The van der Waals surface area contributed by atoms with Crippen LogP contribution in [0.5, 0.6) is 11.5 Å². The summed E-state index contributed by atoms with van der Waals surface area (Å²) in [6.07, 6.45) is -0.0480. The van der Waals surface area contributed by atoms with E-state index in [-0.39, 0.29) is 11.9 Å². The summed E-state index contributed by atoms with van der Waals surface area (Å²) in [5.41, 5.74) is 1.62. The van der Waals surface area contributed by atoms with Crippen LogP contribution in [0.4, 0.5) is 4.39 Å². The monoisotopic (exact) mass is 288 g/mol. The molecule has 1 heterocycles. The van der Waals surface area contributed by atoms with Crippen molar-refractivity contribution in [3.8, 4) is 11.5 Å². The van der Waals surface area contributed by atoms with Crippen LogP contribution in [0.25, 0.3) is 0 Å². The third-order valence-electron chi connectivity index (χ3n) is 3.56. The Balaban J connectivity index is 1.67. The number of aliphatic hydroxyl groups excluding tert-OH is 1. The Morgan fingerprint density at radius 1 is 1.33 bits per heavy atom. The van der Waals surface area contributed by atoms with Gasteiger partial charge in [0.15, 0.2) is 0 Å². The van der Waals surface area contributed by atoms with Gasteiger partial charge in [0.2, 0.25) is 0 Å². The van der Waals surface area contributed by atoms with E-state index in [4.69, 9.17) is 9.47 Å². The van der Waals surface area contributed by atoms with E-state index in [1.807, 2.05) is 24.3 Å². The van der Waals surface area contributed by atoms with Gasteiger partial charge >= 0.3 is 0 Å².